The van der Waals surface area contributed by atoms with Gasteiger partial charge in [0.05, 0.1) is 32.2 Å². The molecule has 3 heterocycles. The van der Waals surface area contributed by atoms with E-state index in [1.54, 1.807) is 4.90 Å². The number of rotatable bonds is 4. The number of hydrogen-bond acceptors (Lipinski definition) is 6. The quantitative estimate of drug-likeness (QED) is 0.802. The minimum atomic E-state index is -0.506. The lowest BCUT2D eigenvalue weighted by Crippen LogP contribution is -2.44. The molecule has 1 aromatic carbocycles. The summed E-state index contributed by atoms with van der Waals surface area (Å²) in [5.41, 5.74) is 1.77. The van der Waals surface area contributed by atoms with Crippen molar-refractivity contribution >= 4 is 11.6 Å². The standard InChI is InChI=1S/C20H23FN4O3/c21-16-12-22-20(23-13-16)28-18-2-1-7-25(14-18)19(26)15-3-5-17(6-4-15)24-8-10-27-11-9-24/h3-6,12-13,18H,1-2,7-11,14H2. The Balaban J connectivity index is 1.37. The van der Waals surface area contributed by atoms with Crippen LogP contribution in [0.5, 0.6) is 6.01 Å². The number of amides is 1. The molecule has 4 rings (SSSR count). The summed E-state index contributed by atoms with van der Waals surface area (Å²) in [6.07, 6.45) is 3.59. The van der Waals surface area contributed by atoms with E-state index >= 15 is 0 Å². The molecule has 1 unspecified atom stereocenters. The SMILES string of the molecule is O=C(c1ccc(N2CCOCC2)cc1)N1CCCC(Oc2ncc(F)cn2)C1. The van der Waals surface area contributed by atoms with Gasteiger partial charge in [0, 0.05) is 30.9 Å². The average Bonchev–Trinajstić information content (AvgIpc) is 2.76. The molecule has 2 aromatic rings. The van der Waals surface area contributed by atoms with Gasteiger partial charge in [-0.15, -0.1) is 0 Å². The molecule has 2 saturated heterocycles. The lowest BCUT2D eigenvalue weighted by atomic mass is 10.1. The highest BCUT2D eigenvalue weighted by molar-refractivity contribution is 5.94. The Morgan fingerprint density at radius 3 is 2.54 bits per heavy atom. The molecule has 1 atom stereocenters. The second kappa shape index (κ2) is 8.52. The van der Waals surface area contributed by atoms with Crippen LogP contribution in [0, 0.1) is 5.82 Å². The number of carbonyl (C=O) groups is 1. The summed E-state index contributed by atoms with van der Waals surface area (Å²) < 4.78 is 24.0. The van der Waals surface area contributed by atoms with Crippen LogP contribution in [0.3, 0.4) is 0 Å². The fourth-order valence-corrected chi connectivity index (χ4v) is 3.55. The summed E-state index contributed by atoms with van der Waals surface area (Å²) in [4.78, 5) is 24.6. The molecule has 148 valence electrons. The van der Waals surface area contributed by atoms with Crippen LogP contribution in [-0.4, -0.2) is 66.3 Å². The van der Waals surface area contributed by atoms with E-state index in [1.165, 1.54) is 0 Å². The maximum atomic E-state index is 12.9. The van der Waals surface area contributed by atoms with Crippen molar-refractivity contribution in [3.63, 3.8) is 0 Å². The Bertz CT molecular complexity index is 794. The van der Waals surface area contributed by atoms with E-state index in [9.17, 15) is 9.18 Å². The second-order valence-corrected chi connectivity index (χ2v) is 6.96. The first kappa shape index (κ1) is 18.6. The van der Waals surface area contributed by atoms with Crippen LogP contribution in [0.15, 0.2) is 36.7 Å². The number of carbonyl (C=O) groups excluding carboxylic acids is 1. The number of aromatic nitrogens is 2. The van der Waals surface area contributed by atoms with Gasteiger partial charge in [-0.05, 0) is 37.1 Å². The van der Waals surface area contributed by atoms with Crippen LogP contribution >= 0.6 is 0 Å². The van der Waals surface area contributed by atoms with Crippen molar-refractivity contribution < 1.29 is 18.7 Å². The number of piperidine rings is 1. The number of ether oxygens (including phenoxy) is 2. The molecule has 1 amide bonds. The summed E-state index contributed by atoms with van der Waals surface area (Å²) in [6.45, 7) is 4.34. The van der Waals surface area contributed by atoms with Crippen LogP contribution in [-0.2, 0) is 4.74 Å². The number of nitrogens with zero attached hydrogens (tertiary/aromatic N) is 4. The zero-order valence-electron chi connectivity index (χ0n) is 15.6. The third-order valence-electron chi connectivity index (χ3n) is 5.02. The van der Waals surface area contributed by atoms with Gasteiger partial charge in [-0.3, -0.25) is 4.79 Å². The fourth-order valence-electron chi connectivity index (χ4n) is 3.55. The molecular formula is C20H23FN4O3. The summed E-state index contributed by atoms with van der Waals surface area (Å²) in [6, 6.07) is 7.86. The third kappa shape index (κ3) is 4.39. The van der Waals surface area contributed by atoms with Gasteiger partial charge in [0.2, 0.25) is 0 Å². The highest BCUT2D eigenvalue weighted by Gasteiger charge is 2.26. The van der Waals surface area contributed by atoms with Crippen LogP contribution in [0.25, 0.3) is 0 Å². The molecule has 28 heavy (non-hydrogen) atoms. The number of anilines is 1. The molecule has 7 nitrogen and oxygen atoms in total. The van der Waals surface area contributed by atoms with E-state index < -0.39 is 5.82 Å². The maximum absolute atomic E-state index is 12.9. The molecule has 0 saturated carbocycles. The average molecular weight is 386 g/mol. The van der Waals surface area contributed by atoms with Crippen molar-refractivity contribution in [2.45, 2.75) is 18.9 Å². The van der Waals surface area contributed by atoms with Crippen molar-refractivity contribution in [2.24, 2.45) is 0 Å². The Kier molecular flexibility index (Phi) is 5.66. The van der Waals surface area contributed by atoms with E-state index in [4.69, 9.17) is 9.47 Å². The Labute approximate surface area is 163 Å². The van der Waals surface area contributed by atoms with Gasteiger partial charge in [0.25, 0.3) is 5.91 Å². The lowest BCUT2D eigenvalue weighted by molar-refractivity contribution is 0.0515. The van der Waals surface area contributed by atoms with Crippen LogP contribution in [0.1, 0.15) is 23.2 Å². The molecule has 8 heteroatoms. The summed E-state index contributed by atoms with van der Waals surface area (Å²) in [5.74, 6) is -0.518. The number of benzene rings is 1. The summed E-state index contributed by atoms with van der Waals surface area (Å²) >= 11 is 0. The van der Waals surface area contributed by atoms with Crippen molar-refractivity contribution in [1.82, 2.24) is 14.9 Å². The Morgan fingerprint density at radius 2 is 1.82 bits per heavy atom. The maximum Gasteiger partial charge on any atom is 0.316 e. The number of hydrogen-bond donors (Lipinski definition) is 0. The third-order valence-corrected chi connectivity index (χ3v) is 5.02. The van der Waals surface area contributed by atoms with Crippen molar-refractivity contribution in [3.8, 4) is 6.01 Å². The largest absolute Gasteiger partial charge is 0.458 e. The first-order valence-electron chi connectivity index (χ1n) is 9.55. The van der Waals surface area contributed by atoms with E-state index in [0.717, 1.165) is 57.2 Å². The van der Waals surface area contributed by atoms with Gasteiger partial charge >= 0.3 is 6.01 Å². The van der Waals surface area contributed by atoms with Crippen molar-refractivity contribution in [3.05, 3.63) is 48.0 Å². The first-order chi connectivity index (χ1) is 13.7. The fraction of sp³-hybridized carbons (Fsp3) is 0.450. The van der Waals surface area contributed by atoms with Gasteiger partial charge < -0.3 is 19.3 Å². The van der Waals surface area contributed by atoms with Gasteiger partial charge in [0.1, 0.15) is 6.10 Å². The minimum absolute atomic E-state index is 0.0122. The van der Waals surface area contributed by atoms with E-state index in [1.807, 2.05) is 24.3 Å². The number of morpholine rings is 1. The predicted molar refractivity (Wildman–Crippen MR) is 101 cm³/mol. The predicted octanol–water partition coefficient (Wildman–Crippen LogP) is 2.14. The summed E-state index contributed by atoms with van der Waals surface area (Å²) in [7, 11) is 0. The van der Waals surface area contributed by atoms with E-state index in [2.05, 4.69) is 14.9 Å². The summed E-state index contributed by atoms with van der Waals surface area (Å²) in [5, 5.41) is 0. The zero-order chi connectivity index (χ0) is 19.3. The van der Waals surface area contributed by atoms with Crippen molar-refractivity contribution in [1.29, 1.82) is 0 Å². The molecule has 0 spiro atoms. The van der Waals surface area contributed by atoms with Crippen molar-refractivity contribution in [2.75, 3.05) is 44.3 Å². The smallest absolute Gasteiger partial charge is 0.316 e. The highest BCUT2D eigenvalue weighted by Crippen LogP contribution is 2.20. The van der Waals surface area contributed by atoms with Crippen LogP contribution < -0.4 is 9.64 Å². The molecule has 0 bridgehead atoms. The van der Waals surface area contributed by atoms with E-state index in [0.29, 0.717) is 18.7 Å². The van der Waals surface area contributed by atoms with Gasteiger partial charge in [-0.1, -0.05) is 0 Å². The molecule has 2 aliphatic heterocycles. The van der Waals surface area contributed by atoms with Crippen LogP contribution in [0.4, 0.5) is 10.1 Å². The minimum Gasteiger partial charge on any atom is -0.458 e. The second-order valence-electron chi connectivity index (χ2n) is 6.96. The molecule has 0 N–H and O–H groups in total. The van der Waals surface area contributed by atoms with Gasteiger partial charge in [0.15, 0.2) is 5.82 Å². The Morgan fingerprint density at radius 1 is 1.11 bits per heavy atom. The van der Waals surface area contributed by atoms with Crippen LogP contribution in [0.2, 0.25) is 0 Å². The highest BCUT2D eigenvalue weighted by atomic mass is 19.1. The molecule has 2 aliphatic rings. The van der Waals surface area contributed by atoms with Gasteiger partial charge in [-0.2, -0.15) is 0 Å². The monoisotopic (exact) mass is 386 g/mol. The molecule has 1 aromatic heterocycles. The topological polar surface area (TPSA) is 67.8 Å². The number of halogens is 1. The van der Waals surface area contributed by atoms with Gasteiger partial charge in [-0.25, -0.2) is 14.4 Å². The number of likely N-dealkylation sites (tertiary alicyclic amines) is 1. The van der Waals surface area contributed by atoms with E-state index in [-0.39, 0.29) is 18.0 Å². The molecule has 0 aliphatic carbocycles. The first-order valence-corrected chi connectivity index (χ1v) is 9.55. The molecular weight excluding hydrogens is 363 g/mol. The molecule has 0 radical (unpaired) electrons. The Hall–Kier alpha value is -2.74. The zero-order valence-corrected chi connectivity index (χ0v) is 15.6. The normalized spacial score (nSPS) is 20.1. The molecule has 2 fully saturated rings. The lowest BCUT2D eigenvalue weighted by Gasteiger charge is -2.32.